The van der Waals surface area contributed by atoms with Gasteiger partial charge in [-0.05, 0) is 6.07 Å². The monoisotopic (exact) mass is 236 g/mol. The molecule has 1 heterocycles. The van der Waals surface area contributed by atoms with Crippen LogP contribution in [-0.4, -0.2) is 24.4 Å². The van der Waals surface area contributed by atoms with Gasteiger partial charge in [-0.2, -0.15) is 0 Å². The number of nitrogens with zero attached hydrogens (tertiary/aromatic N) is 1. The number of halogens is 3. The van der Waals surface area contributed by atoms with Gasteiger partial charge in [-0.1, -0.05) is 0 Å². The fourth-order valence-corrected chi connectivity index (χ4v) is 0.933. The van der Waals surface area contributed by atoms with Crippen LogP contribution in [0, 0.1) is 0 Å². The van der Waals surface area contributed by atoms with Gasteiger partial charge in [0.2, 0.25) is 5.88 Å². The van der Waals surface area contributed by atoms with E-state index in [0.29, 0.717) is 0 Å². The summed E-state index contributed by atoms with van der Waals surface area (Å²) in [4.78, 5) is 14.4. The van der Waals surface area contributed by atoms with E-state index in [2.05, 4.69) is 14.5 Å². The second-order valence-corrected chi connectivity index (χ2v) is 2.62. The number of nitrogen functional groups attached to an aromatic ring is 1. The summed E-state index contributed by atoms with van der Waals surface area (Å²) in [6, 6.07) is 1.13. The van der Waals surface area contributed by atoms with Gasteiger partial charge in [0, 0.05) is 6.20 Å². The van der Waals surface area contributed by atoms with Crippen LogP contribution in [0.2, 0.25) is 0 Å². The number of rotatable bonds is 2. The highest BCUT2D eigenvalue weighted by molar-refractivity contribution is 5.95. The molecule has 0 atom stereocenters. The molecule has 5 nitrogen and oxygen atoms in total. The lowest BCUT2D eigenvalue weighted by molar-refractivity contribution is -0.275. The van der Waals surface area contributed by atoms with Crippen molar-refractivity contribution in [3.05, 3.63) is 17.8 Å². The SMILES string of the molecule is COC(=O)c1ccnc(OC(F)(F)F)c1N. The lowest BCUT2D eigenvalue weighted by Crippen LogP contribution is -2.20. The molecule has 0 saturated carbocycles. The van der Waals surface area contributed by atoms with E-state index in [0.717, 1.165) is 19.4 Å². The van der Waals surface area contributed by atoms with Crippen LogP contribution < -0.4 is 10.5 Å². The maximum atomic E-state index is 11.9. The van der Waals surface area contributed by atoms with Gasteiger partial charge in [-0.15, -0.1) is 13.2 Å². The van der Waals surface area contributed by atoms with Crippen LogP contribution in [0.25, 0.3) is 0 Å². The van der Waals surface area contributed by atoms with Crippen molar-refractivity contribution < 1.29 is 27.4 Å². The van der Waals surface area contributed by atoms with E-state index < -0.39 is 23.9 Å². The topological polar surface area (TPSA) is 74.4 Å². The summed E-state index contributed by atoms with van der Waals surface area (Å²) in [5, 5.41) is 0. The highest BCUT2D eigenvalue weighted by atomic mass is 19.4. The summed E-state index contributed by atoms with van der Waals surface area (Å²) in [6.45, 7) is 0. The second kappa shape index (κ2) is 4.25. The molecular weight excluding hydrogens is 229 g/mol. The first-order valence-electron chi connectivity index (χ1n) is 3.93. The number of carbonyl (C=O) groups excluding carboxylic acids is 1. The van der Waals surface area contributed by atoms with E-state index in [4.69, 9.17) is 5.73 Å². The fourth-order valence-electron chi connectivity index (χ4n) is 0.933. The van der Waals surface area contributed by atoms with Crippen molar-refractivity contribution in [2.45, 2.75) is 6.36 Å². The minimum atomic E-state index is -4.92. The van der Waals surface area contributed by atoms with Gasteiger partial charge < -0.3 is 15.2 Å². The average molecular weight is 236 g/mol. The van der Waals surface area contributed by atoms with Crippen LogP contribution in [0.1, 0.15) is 10.4 Å². The predicted molar refractivity (Wildman–Crippen MR) is 46.7 cm³/mol. The van der Waals surface area contributed by atoms with E-state index >= 15 is 0 Å². The number of pyridine rings is 1. The second-order valence-electron chi connectivity index (χ2n) is 2.62. The zero-order valence-electron chi connectivity index (χ0n) is 8.04. The summed E-state index contributed by atoms with van der Waals surface area (Å²) >= 11 is 0. The summed E-state index contributed by atoms with van der Waals surface area (Å²) in [5.41, 5.74) is 4.52. The zero-order chi connectivity index (χ0) is 12.3. The van der Waals surface area contributed by atoms with E-state index in [9.17, 15) is 18.0 Å². The summed E-state index contributed by atoms with van der Waals surface area (Å²) in [5.74, 6) is -1.75. The normalized spacial score (nSPS) is 11.0. The number of aromatic nitrogens is 1. The molecule has 2 N–H and O–H groups in total. The Morgan fingerprint density at radius 3 is 2.62 bits per heavy atom. The highest BCUT2D eigenvalue weighted by Crippen LogP contribution is 2.28. The van der Waals surface area contributed by atoms with Crippen molar-refractivity contribution in [2.24, 2.45) is 0 Å². The number of hydrogen-bond donors (Lipinski definition) is 1. The molecule has 8 heteroatoms. The molecule has 0 radical (unpaired) electrons. The Bertz CT molecular complexity index is 406. The lowest BCUT2D eigenvalue weighted by Gasteiger charge is -2.11. The van der Waals surface area contributed by atoms with Gasteiger partial charge in [0.1, 0.15) is 5.69 Å². The van der Waals surface area contributed by atoms with Crippen LogP contribution in [0.15, 0.2) is 12.3 Å². The molecule has 0 fully saturated rings. The molecule has 88 valence electrons. The van der Waals surface area contributed by atoms with Crippen molar-refractivity contribution in [3.8, 4) is 5.88 Å². The molecule has 0 unspecified atom stereocenters. The van der Waals surface area contributed by atoms with Crippen molar-refractivity contribution in [2.75, 3.05) is 12.8 Å². The minimum Gasteiger partial charge on any atom is -0.465 e. The maximum absolute atomic E-state index is 11.9. The first-order valence-corrected chi connectivity index (χ1v) is 3.93. The summed E-state index contributed by atoms with van der Waals surface area (Å²) in [7, 11) is 1.08. The molecule has 0 bridgehead atoms. The molecule has 0 spiro atoms. The van der Waals surface area contributed by atoms with Gasteiger partial charge in [-0.25, -0.2) is 9.78 Å². The van der Waals surface area contributed by atoms with Crippen molar-refractivity contribution in [3.63, 3.8) is 0 Å². The first-order chi connectivity index (χ1) is 7.35. The van der Waals surface area contributed by atoms with Crippen molar-refractivity contribution >= 4 is 11.7 Å². The highest BCUT2D eigenvalue weighted by Gasteiger charge is 2.33. The Kier molecular flexibility index (Phi) is 3.21. The Labute approximate surface area is 88.0 Å². The van der Waals surface area contributed by atoms with E-state index in [1.807, 2.05) is 0 Å². The van der Waals surface area contributed by atoms with Gasteiger partial charge in [-0.3, -0.25) is 0 Å². The third kappa shape index (κ3) is 2.75. The molecule has 0 aliphatic carbocycles. The van der Waals surface area contributed by atoms with Crippen LogP contribution in [0.4, 0.5) is 18.9 Å². The Hall–Kier alpha value is -1.99. The summed E-state index contributed by atoms with van der Waals surface area (Å²) in [6.07, 6.45) is -3.96. The van der Waals surface area contributed by atoms with E-state index in [1.165, 1.54) is 0 Å². The number of alkyl halides is 3. The van der Waals surface area contributed by atoms with Crippen molar-refractivity contribution in [1.29, 1.82) is 0 Å². The number of hydrogen-bond acceptors (Lipinski definition) is 5. The summed E-state index contributed by atoms with van der Waals surface area (Å²) < 4.78 is 43.5. The average Bonchev–Trinajstić information content (AvgIpc) is 2.18. The van der Waals surface area contributed by atoms with Crippen molar-refractivity contribution in [1.82, 2.24) is 4.98 Å². The van der Waals surface area contributed by atoms with Gasteiger partial charge >= 0.3 is 12.3 Å². The van der Waals surface area contributed by atoms with E-state index in [-0.39, 0.29) is 5.56 Å². The minimum absolute atomic E-state index is 0.239. The smallest absolute Gasteiger partial charge is 0.465 e. The van der Waals surface area contributed by atoms with Gasteiger partial charge in [0.25, 0.3) is 0 Å². The number of anilines is 1. The maximum Gasteiger partial charge on any atom is 0.574 e. The number of methoxy groups -OCH3 is 1. The largest absolute Gasteiger partial charge is 0.574 e. The van der Waals surface area contributed by atoms with Gasteiger partial charge in [0.05, 0.1) is 12.7 Å². The number of nitrogens with two attached hydrogens (primary N) is 1. The van der Waals surface area contributed by atoms with E-state index in [1.54, 1.807) is 0 Å². The molecular formula is C8H7F3N2O3. The lowest BCUT2D eigenvalue weighted by atomic mass is 10.2. The molecule has 0 aliphatic heterocycles. The standard InChI is InChI=1S/C8H7F3N2O3/c1-15-7(14)4-2-3-13-6(5(4)12)16-8(9,10)11/h2-3H,12H2,1H3. The van der Waals surface area contributed by atoms with Gasteiger partial charge in [0.15, 0.2) is 0 Å². The van der Waals surface area contributed by atoms with Crippen LogP contribution in [0.5, 0.6) is 5.88 Å². The Morgan fingerprint density at radius 2 is 2.12 bits per heavy atom. The molecule has 0 saturated heterocycles. The molecule has 0 amide bonds. The number of ether oxygens (including phenoxy) is 2. The number of esters is 1. The third-order valence-electron chi connectivity index (χ3n) is 1.57. The molecule has 1 rings (SSSR count). The zero-order valence-corrected chi connectivity index (χ0v) is 8.04. The fraction of sp³-hybridized carbons (Fsp3) is 0.250. The first kappa shape index (κ1) is 12.1. The third-order valence-corrected chi connectivity index (χ3v) is 1.57. The quantitative estimate of drug-likeness (QED) is 0.784. The van der Waals surface area contributed by atoms with Crippen LogP contribution in [-0.2, 0) is 4.74 Å². The predicted octanol–water partition coefficient (Wildman–Crippen LogP) is 1.35. The molecule has 0 aliphatic rings. The van der Waals surface area contributed by atoms with Crippen LogP contribution in [0.3, 0.4) is 0 Å². The molecule has 1 aromatic rings. The Morgan fingerprint density at radius 1 is 1.50 bits per heavy atom. The molecule has 1 aromatic heterocycles. The number of carbonyl (C=O) groups is 1. The Balaban J connectivity index is 3.09. The molecule has 0 aromatic carbocycles. The van der Waals surface area contributed by atoms with Crippen LogP contribution >= 0.6 is 0 Å². The molecule has 16 heavy (non-hydrogen) atoms.